The minimum absolute atomic E-state index is 0.00548. The summed E-state index contributed by atoms with van der Waals surface area (Å²) in [7, 11) is -9.46. The highest BCUT2D eigenvalue weighted by Crippen LogP contribution is 2.48. The van der Waals surface area contributed by atoms with Gasteiger partial charge >= 0.3 is 17.1 Å². The number of likely N-dealkylation sites (tertiary alicyclic amines) is 1. The third-order valence-electron chi connectivity index (χ3n) is 12.5. The normalized spacial score (nSPS) is 25.9. The Bertz CT molecular complexity index is 1020. The Morgan fingerprint density at radius 1 is 0.700 bits per heavy atom. The second-order valence-corrected chi connectivity index (χ2v) is 35.7. The maximum Gasteiger partial charge on any atom is 0.329 e. The van der Waals surface area contributed by atoms with Crippen molar-refractivity contribution in [2.24, 2.45) is 0 Å². The number of nitrogens with zero attached hydrogens (tertiary/aromatic N) is 1. The van der Waals surface area contributed by atoms with Crippen LogP contribution in [0.3, 0.4) is 0 Å². The van der Waals surface area contributed by atoms with Crippen molar-refractivity contribution in [2.75, 3.05) is 13.2 Å². The van der Waals surface area contributed by atoms with E-state index in [1.165, 1.54) is 5.57 Å². The van der Waals surface area contributed by atoms with Gasteiger partial charge in [-0.05, 0) is 94.1 Å². The Hall–Kier alpha value is 0.108. The molecule has 6 nitrogen and oxygen atoms in total. The highest BCUT2D eigenvalue weighted by atomic mass is 28.5. The molecule has 0 amide bonds. The SMILES string of the molecule is C=CC(C)(CCC=C(C)C)N1[C@@H](CO[Si](C)(C)C(C)(C)C)[C@H]2O[Si](CCC)(CCC)O[Si](CCC)(CCC)O[C@@H]2[C@@H]1CO[Si](C)(C)C(C)(C)C. The predicted octanol–water partition coefficient (Wildman–Crippen LogP) is 12.1. The molecule has 2 aliphatic rings. The zero-order valence-electron chi connectivity index (χ0n) is 36.1. The van der Waals surface area contributed by atoms with Crippen LogP contribution in [0.25, 0.3) is 0 Å². The van der Waals surface area contributed by atoms with Crippen LogP contribution >= 0.6 is 0 Å². The van der Waals surface area contributed by atoms with Crippen LogP contribution in [0.5, 0.6) is 0 Å². The Kier molecular flexibility index (Phi) is 16.8. The largest absolute Gasteiger partial charge is 0.415 e. The minimum atomic E-state index is -2.64. The number of allylic oxidation sites excluding steroid dienone is 2. The van der Waals surface area contributed by atoms with E-state index in [-0.39, 0.29) is 39.9 Å². The summed E-state index contributed by atoms with van der Waals surface area (Å²) >= 11 is 0. The second-order valence-electron chi connectivity index (χ2n) is 19.2. The van der Waals surface area contributed by atoms with Gasteiger partial charge in [-0.15, -0.1) is 6.58 Å². The molecule has 2 fully saturated rings. The van der Waals surface area contributed by atoms with Crippen LogP contribution in [0.2, 0.25) is 60.4 Å². The van der Waals surface area contributed by atoms with Crippen LogP contribution in [-0.4, -0.2) is 81.7 Å². The standard InChI is InChI=1S/C40H83NO5Si4/c1-19-27-49(28-20-2)44-36-34(31-42-47(15,16)38(8,9)10)41(40(14,23-5)26-24-25-33(6)7)35(32-43-48(17,18)39(11,12)13)37(36)45-50(46-49,29-21-3)30-22-4/h23,25,34-37H,5,19-22,24,26-32H2,1-4,6-18H3/t34-,35-,36+,37+,40?/m0/s1. The maximum absolute atomic E-state index is 7.79. The molecule has 10 heteroatoms. The van der Waals surface area contributed by atoms with Crippen molar-refractivity contribution in [1.29, 1.82) is 0 Å². The lowest BCUT2D eigenvalue weighted by atomic mass is 9.91. The summed E-state index contributed by atoms with van der Waals surface area (Å²) in [6, 6.07) is 4.03. The summed E-state index contributed by atoms with van der Waals surface area (Å²) in [5, 5.41) is 0.200. The summed E-state index contributed by atoms with van der Waals surface area (Å²) in [4.78, 5) is 2.74. The summed E-state index contributed by atoms with van der Waals surface area (Å²) in [6.07, 6.45) is 10.5. The molecule has 294 valence electrons. The molecule has 5 atom stereocenters. The van der Waals surface area contributed by atoms with E-state index in [9.17, 15) is 0 Å². The van der Waals surface area contributed by atoms with Crippen molar-refractivity contribution in [3.63, 3.8) is 0 Å². The molecule has 0 aliphatic carbocycles. The Labute approximate surface area is 315 Å². The molecular formula is C40H83NO5Si4. The van der Waals surface area contributed by atoms with Crippen LogP contribution in [0.1, 0.15) is 129 Å². The smallest absolute Gasteiger partial charge is 0.329 e. The molecule has 0 aromatic heterocycles. The fraction of sp³-hybridized carbons (Fsp3) is 0.900. The van der Waals surface area contributed by atoms with Gasteiger partial charge in [-0.25, -0.2) is 0 Å². The van der Waals surface area contributed by atoms with Crippen LogP contribution in [-0.2, 0) is 21.8 Å². The Balaban J connectivity index is 2.96. The summed E-state index contributed by atoms with van der Waals surface area (Å²) in [5.74, 6) is 0. The van der Waals surface area contributed by atoms with Crippen molar-refractivity contribution in [1.82, 2.24) is 4.90 Å². The average Bonchev–Trinajstić information content (AvgIpc) is 3.17. The minimum Gasteiger partial charge on any atom is -0.415 e. The molecule has 0 N–H and O–H groups in total. The van der Waals surface area contributed by atoms with E-state index in [0.717, 1.165) is 62.7 Å². The van der Waals surface area contributed by atoms with E-state index in [0.29, 0.717) is 13.2 Å². The first-order valence-electron chi connectivity index (χ1n) is 20.3. The van der Waals surface area contributed by atoms with Crippen molar-refractivity contribution >= 4 is 33.8 Å². The van der Waals surface area contributed by atoms with Gasteiger partial charge in [-0.2, -0.15) is 0 Å². The molecule has 0 radical (unpaired) electrons. The molecule has 0 spiro atoms. The molecule has 50 heavy (non-hydrogen) atoms. The van der Waals surface area contributed by atoms with Gasteiger partial charge in [-0.3, -0.25) is 4.90 Å². The van der Waals surface area contributed by atoms with Gasteiger partial charge in [0.1, 0.15) is 0 Å². The van der Waals surface area contributed by atoms with E-state index >= 15 is 0 Å². The molecular weight excluding hydrogens is 687 g/mol. The average molecular weight is 770 g/mol. The van der Waals surface area contributed by atoms with E-state index in [2.05, 4.69) is 140 Å². The van der Waals surface area contributed by atoms with Gasteiger partial charge in [0.05, 0.1) is 37.5 Å². The third-order valence-corrected chi connectivity index (χ3v) is 30.9. The van der Waals surface area contributed by atoms with E-state index in [1.807, 2.05) is 0 Å². The first-order valence-corrected chi connectivity index (χ1v) is 30.6. The summed E-state index contributed by atoms with van der Waals surface area (Å²) in [6.45, 7) is 45.3. The lowest BCUT2D eigenvalue weighted by Crippen LogP contribution is -2.60. The second kappa shape index (κ2) is 18.2. The number of fused-ring (bicyclic) bond motifs is 1. The fourth-order valence-corrected chi connectivity index (χ4v) is 19.9. The highest BCUT2D eigenvalue weighted by Gasteiger charge is 2.63. The highest BCUT2D eigenvalue weighted by molar-refractivity contribution is 6.81. The van der Waals surface area contributed by atoms with Gasteiger partial charge in [0.2, 0.25) is 0 Å². The topological polar surface area (TPSA) is 49.4 Å². The first-order chi connectivity index (χ1) is 22.9. The number of rotatable bonds is 19. The van der Waals surface area contributed by atoms with Gasteiger partial charge in [0.15, 0.2) is 16.6 Å². The van der Waals surface area contributed by atoms with Gasteiger partial charge in [0.25, 0.3) is 0 Å². The molecule has 2 rings (SSSR count). The fourth-order valence-electron chi connectivity index (χ4n) is 7.51. The van der Waals surface area contributed by atoms with Crippen LogP contribution in [0.4, 0.5) is 0 Å². The van der Waals surface area contributed by atoms with Crippen molar-refractivity contribution < 1.29 is 21.8 Å². The van der Waals surface area contributed by atoms with Crippen molar-refractivity contribution in [3.8, 4) is 0 Å². The summed E-state index contributed by atoms with van der Waals surface area (Å²) in [5.41, 5.74) is 1.04. The zero-order valence-corrected chi connectivity index (χ0v) is 40.1. The predicted molar refractivity (Wildman–Crippen MR) is 226 cm³/mol. The summed E-state index contributed by atoms with van der Waals surface area (Å²) < 4.78 is 37.7. The van der Waals surface area contributed by atoms with Crippen molar-refractivity contribution in [3.05, 3.63) is 24.3 Å². The quantitative estimate of drug-likeness (QED) is 0.0963. The first kappa shape index (κ1) is 46.3. The Morgan fingerprint density at radius 3 is 1.34 bits per heavy atom. The zero-order chi connectivity index (χ0) is 38.4. The third kappa shape index (κ3) is 11.1. The molecule has 1 unspecified atom stereocenters. The van der Waals surface area contributed by atoms with Crippen molar-refractivity contribution in [2.45, 2.75) is 219 Å². The monoisotopic (exact) mass is 770 g/mol. The molecule has 2 aliphatic heterocycles. The number of hydrogen-bond donors (Lipinski definition) is 0. The van der Waals surface area contributed by atoms with Crippen LogP contribution in [0, 0.1) is 0 Å². The number of hydrogen-bond acceptors (Lipinski definition) is 6. The van der Waals surface area contributed by atoms with Gasteiger partial charge < -0.3 is 21.8 Å². The molecule has 0 aromatic rings. The molecule has 0 bridgehead atoms. The lowest BCUT2D eigenvalue weighted by Gasteiger charge is -2.48. The van der Waals surface area contributed by atoms with Gasteiger partial charge in [-0.1, -0.05) is 113 Å². The maximum atomic E-state index is 7.79. The molecule has 2 heterocycles. The van der Waals surface area contributed by atoms with E-state index < -0.39 is 33.8 Å². The van der Waals surface area contributed by atoms with E-state index in [4.69, 9.17) is 21.8 Å². The molecule has 2 saturated heterocycles. The Morgan fingerprint density at radius 2 is 1.06 bits per heavy atom. The van der Waals surface area contributed by atoms with Crippen LogP contribution in [0.15, 0.2) is 24.3 Å². The van der Waals surface area contributed by atoms with E-state index in [1.54, 1.807) is 0 Å². The van der Waals surface area contributed by atoms with Gasteiger partial charge in [0, 0.05) is 5.54 Å². The lowest BCUT2D eigenvalue weighted by molar-refractivity contribution is 0.00248. The van der Waals surface area contributed by atoms with Crippen LogP contribution < -0.4 is 0 Å². The molecule has 0 aromatic carbocycles. The molecule has 0 saturated carbocycles.